The number of piperidine rings is 1. The van der Waals surface area contributed by atoms with Crippen molar-refractivity contribution in [2.45, 2.75) is 23.8 Å². The first-order valence-corrected chi connectivity index (χ1v) is 13.2. The number of hydrogen-bond acceptors (Lipinski definition) is 5. The molecule has 0 aliphatic carbocycles. The largest absolute Gasteiger partial charge is 0.338 e. The molecule has 2 heterocycles. The van der Waals surface area contributed by atoms with Crippen LogP contribution in [-0.2, 0) is 15.8 Å². The quantitative estimate of drug-likeness (QED) is 0.530. The number of fused-ring (bicyclic) bond motifs is 1. The minimum absolute atomic E-state index is 0.000503. The molecule has 0 radical (unpaired) electrons. The van der Waals surface area contributed by atoms with Gasteiger partial charge >= 0.3 is 0 Å². The van der Waals surface area contributed by atoms with Crippen molar-refractivity contribution in [1.82, 2.24) is 19.6 Å². The summed E-state index contributed by atoms with van der Waals surface area (Å²) in [7, 11) is -3.21. The topological polar surface area (TPSA) is 95.2 Å². The number of aromatic amines is 1. The molecule has 4 rings (SSSR count). The molecule has 0 spiro atoms. The molecule has 0 bridgehead atoms. The van der Waals surface area contributed by atoms with E-state index in [0.29, 0.717) is 25.2 Å². The van der Waals surface area contributed by atoms with E-state index in [1.807, 2.05) is 53.4 Å². The third kappa shape index (κ3) is 5.87. The van der Waals surface area contributed by atoms with Crippen LogP contribution in [-0.4, -0.2) is 55.1 Å². The van der Waals surface area contributed by atoms with Gasteiger partial charge in [0.1, 0.15) is 0 Å². The van der Waals surface area contributed by atoms with Gasteiger partial charge in [-0.25, -0.2) is 18.1 Å². The lowest BCUT2D eigenvalue weighted by atomic mass is 9.97. The monoisotopic (exact) mass is 458 g/mol. The number of para-hydroxylation sites is 2. The third-order valence-electron chi connectivity index (χ3n) is 5.38. The average molecular weight is 459 g/mol. The highest BCUT2D eigenvalue weighted by atomic mass is 32.2. The Bertz CT molecular complexity index is 1130. The van der Waals surface area contributed by atoms with Crippen molar-refractivity contribution in [2.75, 3.05) is 25.9 Å². The molecule has 1 saturated heterocycles. The van der Waals surface area contributed by atoms with Crippen molar-refractivity contribution in [2.24, 2.45) is 5.92 Å². The second kappa shape index (κ2) is 9.42. The summed E-state index contributed by atoms with van der Waals surface area (Å²) in [6.45, 7) is 1.66. The summed E-state index contributed by atoms with van der Waals surface area (Å²) in [5, 5.41) is 0.878. The molecule has 2 aromatic carbocycles. The van der Waals surface area contributed by atoms with Crippen molar-refractivity contribution < 1.29 is 13.2 Å². The number of benzene rings is 2. The predicted molar refractivity (Wildman–Crippen MR) is 124 cm³/mol. The van der Waals surface area contributed by atoms with E-state index in [9.17, 15) is 13.2 Å². The van der Waals surface area contributed by atoms with E-state index in [4.69, 9.17) is 0 Å². The molecule has 1 aliphatic heterocycles. The molecule has 1 fully saturated rings. The van der Waals surface area contributed by atoms with Crippen molar-refractivity contribution in [3.8, 4) is 0 Å². The van der Waals surface area contributed by atoms with Crippen LogP contribution in [0.25, 0.3) is 11.0 Å². The Labute approximate surface area is 186 Å². The van der Waals surface area contributed by atoms with Gasteiger partial charge in [-0.1, -0.05) is 36.0 Å². The Morgan fingerprint density at radius 2 is 2.00 bits per heavy atom. The van der Waals surface area contributed by atoms with Gasteiger partial charge in [-0.15, -0.1) is 0 Å². The molecule has 164 valence electrons. The van der Waals surface area contributed by atoms with E-state index < -0.39 is 10.0 Å². The van der Waals surface area contributed by atoms with Gasteiger partial charge in [0.2, 0.25) is 10.0 Å². The Morgan fingerprint density at radius 3 is 2.74 bits per heavy atom. The second-order valence-electron chi connectivity index (χ2n) is 7.92. The van der Waals surface area contributed by atoms with Crippen LogP contribution in [0.1, 0.15) is 28.8 Å². The summed E-state index contributed by atoms with van der Waals surface area (Å²) in [4.78, 5) is 22.6. The molecule has 2 N–H and O–H groups in total. The van der Waals surface area contributed by atoms with Crippen LogP contribution < -0.4 is 4.72 Å². The molecule has 1 amide bonds. The molecule has 1 aromatic heterocycles. The number of carbonyl (C=O) groups excluding carboxylic acids is 1. The van der Waals surface area contributed by atoms with E-state index in [1.54, 1.807) is 11.8 Å². The number of carbonyl (C=O) groups is 1. The van der Waals surface area contributed by atoms with Crippen LogP contribution in [0.15, 0.2) is 53.7 Å². The number of sulfonamides is 1. The van der Waals surface area contributed by atoms with Gasteiger partial charge in [-0.3, -0.25) is 4.79 Å². The molecule has 0 saturated carbocycles. The van der Waals surface area contributed by atoms with Gasteiger partial charge in [-0.05, 0) is 48.6 Å². The normalized spacial score (nSPS) is 17.2. The van der Waals surface area contributed by atoms with Crippen LogP contribution in [0, 0.1) is 5.92 Å². The lowest BCUT2D eigenvalue weighted by Crippen LogP contribution is -2.43. The summed E-state index contributed by atoms with van der Waals surface area (Å²) in [5.41, 5.74) is 3.76. The zero-order valence-corrected chi connectivity index (χ0v) is 19.0. The highest BCUT2D eigenvalue weighted by Crippen LogP contribution is 2.24. The van der Waals surface area contributed by atoms with E-state index in [2.05, 4.69) is 14.7 Å². The van der Waals surface area contributed by atoms with Gasteiger partial charge in [0.25, 0.3) is 5.91 Å². The van der Waals surface area contributed by atoms with Crippen LogP contribution in [0.3, 0.4) is 0 Å². The van der Waals surface area contributed by atoms with E-state index in [1.165, 1.54) is 0 Å². The van der Waals surface area contributed by atoms with Gasteiger partial charge < -0.3 is 9.88 Å². The van der Waals surface area contributed by atoms with Crippen molar-refractivity contribution in [1.29, 1.82) is 0 Å². The lowest BCUT2D eigenvalue weighted by Gasteiger charge is -2.32. The number of amides is 1. The lowest BCUT2D eigenvalue weighted by molar-refractivity contribution is 0.0676. The zero-order valence-electron chi connectivity index (χ0n) is 17.4. The van der Waals surface area contributed by atoms with Gasteiger partial charge in [0.05, 0.1) is 17.3 Å². The first kappa shape index (κ1) is 21.9. The van der Waals surface area contributed by atoms with Crippen LogP contribution in [0.2, 0.25) is 0 Å². The smallest absolute Gasteiger partial charge is 0.253 e. The molecule has 1 atom stereocenters. The highest BCUT2D eigenvalue weighted by molar-refractivity contribution is 7.98. The van der Waals surface area contributed by atoms with E-state index in [-0.39, 0.29) is 11.8 Å². The Morgan fingerprint density at radius 1 is 1.23 bits per heavy atom. The van der Waals surface area contributed by atoms with Gasteiger partial charge in [0.15, 0.2) is 5.16 Å². The molecular formula is C22H26N4O3S2. The summed E-state index contributed by atoms with van der Waals surface area (Å²) in [6.07, 6.45) is 2.96. The number of H-pyrrole nitrogens is 1. The maximum Gasteiger partial charge on any atom is 0.253 e. The number of likely N-dealkylation sites (tertiary alicyclic amines) is 1. The summed E-state index contributed by atoms with van der Waals surface area (Å²) in [5.74, 6) is 0.907. The molecule has 3 aromatic rings. The van der Waals surface area contributed by atoms with Gasteiger partial charge in [0, 0.05) is 31.0 Å². The number of imidazole rings is 1. The van der Waals surface area contributed by atoms with Crippen LogP contribution in [0.5, 0.6) is 0 Å². The number of nitrogens with one attached hydrogen (secondary N) is 2. The summed E-state index contributed by atoms with van der Waals surface area (Å²) < 4.78 is 25.2. The minimum Gasteiger partial charge on any atom is -0.338 e. The SMILES string of the molecule is CS(=O)(=O)NCC1CCCN(C(=O)c2ccc(CSc3nc4ccccc4[nH]3)cc2)C1. The first-order chi connectivity index (χ1) is 14.9. The van der Waals surface area contributed by atoms with Crippen molar-refractivity contribution in [3.05, 3.63) is 59.7 Å². The molecule has 31 heavy (non-hydrogen) atoms. The third-order valence-corrected chi connectivity index (χ3v) is 7.02. The first-order valence-electron chi connectivity index (χ1n) is 10.3. The second-order valence-corrected chi connectivity index (χ2v) is 10.7. The minimum atomic E-state index is -3.21. The highest BCUT2D eigenvalue weighted by Gasteiger charge is 2.25. The average Bonchev–Trinajstić information content (AvgIpc) is 3.19. The van der Waals surface area contributed by atoms with Crippen LogP contribution in [0.4, 0.5) is 0 Å². The maximum atomic E-state index is 12.9. The number of rotatable bonds is 7. The molecule has 9 heteroatoms. The molecular weight excluding hydrogens is 432 g/mol. The molecule has 7 nitrogen and oxygen atoms in total. The summed E-state index contributed by atoms with van der Waals surface area (Å²) >= 11 is 1.63. The van der Waals surface area contributed by atoms with Gasteiger partial charge in [-0.2, -0.15) is 0 Å². The Hall–Kier alpha value is -2.36. The van der Waals surface area contributed by atoms with Crippen molar-refractivity contribution in [3.63, 3.8) is 0 Å². The number of thioether (sulfide) groups is 1. The Balaban J connectivity index is 1.33. The Kier molecular flexibility index (Phi) is 6.64. The number of nitrogens with zero attached hydrogens (tertiary/aromatic N) is 2. The van der Waals surface area contributed by atoms with Crippen LogP contribution >= 0.6 is 11.8 Å². The molecule has 1 unspecified atom stereocenters. The van der Waals surface area contributed by atoms with E-state index >= 15 is 0 Å². The van der Waals surface area contributed by atoms with E-state index in [0.717, 1.165) is 46.6 Å². The number of aromatic nitrogens is 2. The standard InChI is InChI=1S/C22H26N4O3S2/c1-31(28,29)23-13-17-5-4-12-26(14-17)21(27)18-10-8-16(9-11-18)15-30-22-24-19-6-2-3-7-20(19)25-22/h2-3,6-11,17,23H,4-5,12-15H2,1H3,(H,24,25). The fourth-order valence-corrected chi connectivity index (χ4v) is 5.14. The van der Waals surface area contributed by atoms with Crippen molar-refractivity contribution >= 4 is 38.7 Å². The zero-order chi connectivity index (χ0) is 21.8. The summed E-state index contributed by atoms with van der Waals surface area (Å²) in [6, 6.07) is 15.7. The predicted octanol–water partition coefficient (Wildman–Crippen LogP) is 3.26. The fraction of sp³-hybridized carbons (Fsp3) is 0.364. The number of hydrogen-bond donors (Lipinski definition) is 2. The molecule has 1 aliphatic rings. The maximum absolute atomic E-state index is 12.9. The fourth-order valence-electron chi connectivity index (χ4n) is 3.76.